The molecule has 0 amide bonds. The second-order valence-electron chi connectivity index (χ2n) is 7.90. The van der Waals surface area contributed by atoms with E-state index in [1.54, 1.807) is 41.5 Å². The van der Waals surface area contributed by atoms with Gasteiger partial charge >= 0.3 is 11.7 Å². The molecule has 1 aliphatic rings. The minimum absolute atomic E-state index is 0.288. The Morgan fingerprint density at radius 2 is 1.77 bits per heavy atom. The van der Waals surface area contributed by atoms with Crippen LogP contribution in [0.3, 0.4) is 0 Å². The van der Waals surface area contributed by atoms with E-state index in [0.717, 1.165) is 4.57 Å². The van der Waals surface area contributed by atoms with Crippen LogP contribution >= 0.6 is 0 Å². The molecule has 0 spiro atoms. The molecule has 1 N–H and O–H groups in total. The number of ether oxygens (including phenoxy) is 2. The van der Waals surface area contributed by atoms with Gasteiger partial charge in [-0.05, 0) is 33.6 Å². The van der Waals surface area contributed by atoms with Gasteiger partial charge in [0.05, 0.1) is 13.2 Å². The number of hydrogen-bond acceptors (Lipinski definition) is 6. The molecule has 1 aromatic heterocycles. The average Bonchev–Trinajstić information content (AvgIpc) is 2.49. The van der Waals surface area contributed by atoms with Gasteiger partial charge in [0.2, 0.25) is 0 Å². The lowest BCUT2D eigenvalue weighted by Gasteiger charge is -2.31. The molecule has 146 valence electrons. The summed E-state index contributed by atoms with van der Waals surface area (Å²) in [6.07, 6.45) is 0. The molecule has 8 nitrogen and oxygen atoms in total. The maximum Gasteiger partial charge on any atom is 0.330 e. The fourth-order valence-corrected chi connectivity index (χ4v) is 3.10. The monoisotopic (exact) mass is 367 g/mol. The number of anilines is 1. The van der Waals surface area contributed by atoms with E-state index in [-0.39, 0.29) is 5.92 Å². The Bertz CT molecular complexity index is 767. The van der Waals surface area contributed by atoms with Gasteiger partial charge in [-0.15, -0.1) is 0 Å². The molecule has 2 heterocycles. The van der Waals surface area contributed by atoms with Crippen LogP contribution in [0.4, 0.5) is 5.69 Å². The van der Waals surface area contributed by atoms with Crippen molar-refractivity contribution < 1.29 is 14.3 Å². The van der Waals surface area contributed by atoms with Crippen molar-refractivity contribution in [2.75, 3.05) is 31.2 Å². The number of nitrogens with zero attached hydrogens (tertiary/aromatic N) is 2. The highest BCUT2D eigenvalue weighted by Gasteiger charge is 2.33. The lowest BCUT2D eigenvalue weighted by atomic mass is 10.0. The average molecular weight is 367 g/mol. The Labute approximate surface area is 153 Å². The van der Waals surface area contributed by atoms with E-state index < -0.39 is 28.9 Å². The summed E-state index contributed by atoms with van der Waals surface area (Å²) in [5, 5.41) is 0. The Balaban J connectivity index is 2.57. The van der Waals surface area contributed by atoms with Crippen molar-refractivity contribution in [3.8, 4) is 0 Å². The van der Waals surface area contributed by atoms with Crippen LogP contribution in [0.15, 0.2) is 9.59 Å². The first kappa shape index (κ1) is 20.2. The van der Waals surface area contributed by atoms with Crippen molar-refractivity contribution in [3.63, 3.8) is 0 Å². The zero-order chi connectivity index (χ0) is 19.6. The standard InChI is InChI=1S/C18H29N3O5/c1-11(2)13(16(23)26-18(4,5)6)21-15(22)14(12(3)19-17(21)24)20-7-9-25-10-8-20/h11,13H,7-10H2,1-6H3,(H,19,24). The molecular formula is C18H29N3O5. The number of nitrogens with one attached hydrogen (secondary N) is 1. The largest absolute Gasteiger partial charge is 0.458 e. The van der Waals surface area contributed by atoms with Gasteiger partial charge in [0, 0.05) is 18.8 Å². The van der Waals surface area contributed by atoms with Crippen LogP contribution in [0.5, 0.6) is 0 Å². The van der Waals surface area contributed by atoms with Crippen molar-refractivity contribution in [1.29, 1.82) is 0 Å². The highest BCUT2D eigenvalue weighted by molar-refractivity contribution is 5.75. The van der Waals surface area contributed by atoms with Crippen molar-refractivity contribution in [3.05, 3.63) is 26.5 Å². The van der Waals surface area contributed by atoms with Crippen LogP contribution < -0.4 is 16.1 Å². The first-order valence-electron chi connectivity index (χ1n) is 8.94. The van der Waals surface area contributed by atoms with Crippen molar-refractivity contribution in [2.24, 2.45) is 5.92 Å². The van der Waals surface area contributed by atoms with Gasteiger partial charge in [0.1, 0.15) is 17.3 Å². The van der Waals surface area contributed by atoms with Crippen LogP contribution in [0.2, 0.25) is 0 Å². The molecule has 0 aliphatic carbocycles. The molecule has 26 heavy (non-hydrogen) atoms. The zero-order valence-corrected chi connectivity index (χ0v) is 16.4. The second-order valence-corrected chi connectivity index (χ2v) is 7.90. The molecule has 1 unspecified atom stereocenters. The summed E-state index contributed by atoms with van der Waals surface area (Å²) >= 11 is 0. The summed E-state index contributed by atoms with van der Waals surface area (Å²) in [5.41, 5.74) is -0.892. The van der Waals surface area contributed by atoms with Crippen LogP contribution in [-0.4, -0.2) is 47.4 Å². The van der Waals surface area contributed by atoms with Gasteiger partial charge < -0.3 is 19.4 Å². The summed E-state index contributed by atoms with van der Waals surface area (Å²) in [6, 6.07) is -0.995. The Morgan fingerprint density at radius 1 is 1.19 bits per heavy atom. The first-order valence-corrected chi connectivity index (χ1v) is 8.94. The van der Waals surface area contributed by atoms with Crippen LogP contribution in [0.25, 0.3) is 0 Å². The summed E-state index contributed by atoms with van der Waals surface area (Å²) in [4.78, 5) is 43.1. The SMILES string of the molecule is Cc1[nH]c(=O)n(C(C(=O)OC(C)(C)C)C(C)C)c(=O)c1N1CCOCC1. The number of hydrogen-bond donors (Lipinski definition) is 1. The molecule has 1 aromatic rings. The molecule has 0 aromatic carbocycles. The highest BCUT2D eigenvalue weighted by atomic mass is 16.6. The van der Waals surface area contributed by atoms with Gasteiger partial charge in [0.25, 0.3) is 5.56 Å². The quantitative estimate of drug-likeness (QED) is 0.804. The smallest absolute Gasteiger partial charge is 0.330 e. The fourth-order valence-electron chi connectivity index (χ4n) is 3.10. The molecule has 0 saturated carbocycles. The molecule has 2 rings (SSSR count). The van der Waals surface area contributed by atoms with E-state index in [1.807, 2.05) is 4.90 Å². The van der Waals surface area contributed by atoms with Gasteiger partial charge in [-0.3, -0.25) is 4.79 Å². The molecule has 0 bridgehead atoms. The van der Waals surface area contributed by atoms with Gasteiger partial charge in [-0.1, -0.05) is 13.8 Å². The van der Waals surface area contributed by atoms with E-state index in [0.29, 0.717) is 37.7 Å². The number of aromatic amines is 1. The van der Waals surface area contributed by atoms with E-state index >= 15 is 0 Å². The number of esters is 1. The topological polar surface area (TPSA) is 93.6 Å². The Kier molecular flexibility index (Phi) is 5.95. The molecule has 1 atom stereocenters. The molecule has 1 fully saturated rings. The van der Waals surface area contributed by atoms with E-state index in [1.165, 1.54) is 0 Å². The van der Waals surface area contributed by atoms with Gasteiger partial charge in [-0.25, -0.2) is 14.2 Å². The number of aryl methyl sites for hydroxylation is 1. The number of aromatic nitrogens is 2. The van der Waals surface area contributed by atoms with Crippen molar-refractivity contribution in [1.82, 2.24) is 9.55 Å². The van der Waals surface area contributed by atoms with E-state index in [9.17, 15) is 14.4 Å². The van der Waals surface area contributed by atoms with Crippen molar-refractivity contribution in [2.45, 2.75) is 53.2 Å². The third-order valence-corrected chi connectivity index (χ3v) is 4.18. The lowest BCUT2D eigenvalue weighted by Crippen LogP contribution is -2.49. The normalized spacial score (nSPS) is 16.7. The predicted octanol–water partition coefficient (Wildman–Crippen LogP) is 1.22. The minimum Gasteiger partial charge on any atom is -0.458 e. The number of H-pyrrole nitrogens is 1. The summed E-state index contributed by atoms with van der Waals surface area (Å²) in [5.74, 6) is -0.874. The van der Waals surface area contributed by atoms with E-state index in [4.69, 9.17) is 9.47 Å². The molecular weight excluding hydrogens is 338 g/mol. The predicted molar refractivity (Wildman–Crippen MR) is 98.8 cm³/mol. The lowest BCUT2D eigenvalue weighted by molar-refractivity contribution is -0.160. The Hall–Kier alpha value is -2.09. The van der Waals surface area contributed by atoms with E-state index in [2.05, 4.69) is 4.98 Å². The zero-order valence-electron chi connectivity index (χ0n) is 16.4. The van der Waals surface area contributed by atoms with Gasteiger partial charge in [-0.2, -0.15) is 0 Å². The summed E-state index contributed by atoms with van der Waals surface area (Å²) in [7, 11) is 0. The second kappa shape index (κ2) is 7.65. The first-order chi connectivity index (χ1) is 12.0. The molecule has 1 saturated heterocycles. The van der Waals surface area contributed by atoms with Crippen LogP contribution in [0, 0.1) is 12.8 Å². The fraction of sp³-hybridized carbons (Fsp3) is 0.722. The maximum atomic E-state index is 13.2. The maximum absolute atomic E-state index is 13.2. The number of rotatable bonds is 4. The third-order valence-electron chi connectivity index (χ3n) is 4.18. The van der Waals surface area contributed by atoms with Crippen molar-refractivity contribution >= 4 is 11.7 Å². The van der Waals surface area contributed by atoms with Crippen LogP contribution in [-0.2, 0) is 14.3 Å². The molecule has 8 heteroatoms. The molecule has 1 aliphatic heterocycles. The third kappa shape index (κ3) is 4.35. The van der Waals surface area contributed by atoms with Crippen LogP contribution in [0.1, 0.15) is 46.4 Å². The molecule has 0 radical (unpaired) electrons. The Morgan fingerprint density at radius 3 is 2.27 bits per heavy atom. The number of carbonyl (C=O) groups excluding carboxylic acids is 1. The summed E-state index contributed by atoms with van der Waals surface area (Å²) < 4.78 is 11.8. The minimum atomic E-state index is -0.995. The summed E-state index contributed by atoms with van der Waals surface area (Å²) in [6.45, 7) is 12.7. The number of carbonyl (C=O) groups is 1. The number of morpholine rings is 1. The van der Waals surface area contributed by atoms with Gasteiger partial charge in [0.15, 0.2) is 0 Å². The highest BCUT2D eigenvalue weighted by Crippen LogP contribution is 2.22.